The number of hydrogen-bond acceptors (Lipinski definition) is 4. The second kappa shape index (κ2) is 5.61. The SMILES string of the molecule is COc1ccc(C(=O)C2CCC(=O)C2)c(Cl)c1OC. The summed E-state index contributed by atoms with van der Waals surface area (Å²) < 4.78 is 10.3. The normalized spacial score (nSPS) is 18.5. The molecule has 19 heavy (non-hydrogen) atoms. The third-order valence-electron chi connectivity index (χ3n) is 3.37. The number of methoxy groups -OCH3 is 2. The van der Waals surface area contributed by atoms with Crippen molar-refractivity contribution >= 4 is 23.2 Å². The number of benzene rings is 1. The molecule has 4 nitrogen and oxygen atoms in total. The van der Waals surface area contributed by atoms with Crippen molar-refractivity contribution in [1.82, 2.24) is 0 Å². The summed E-state index contributed by atoms with van der Waals surface area (Å²) in [6.45, 7) is 0. The second-order valence-electron chi connectivity index (χ2n) is 4.51. The Morgan fingerprint density at radius 3 is 2.58 bits per heavy atom. The van der Waals surface area contributed by atoms with E-state index in [0.717, 1.165) is 0 Å². The first-order chi connectivity index (χ1) is 9.08. The maximum Gasteiger partial charge on any atom is 0.180 e. The van der Waals surface area contributed by atoms with Gasteiger partial charge in [-0.15, -0.1) is 0 Å². The van der Waals surface area contributed by atoms with Gasteiger partial charge in [0, 0.05) is 24.3 Å². The monoisotopic (exact) mass is 282 g/mol. The van der Waals surface area contributed by atoms with Gasteiger partial charge in [-0.2, -0.15) is 0 Å². The molecule has 0 bridgehead atoms. The lowest BCUT2D eigenvalue weighted by atomic mass is 9.96. The van der Waals surface area contributed by atoms with Gasteiger partial charge < -0.3 is 9.47 Å². The molecule has 0 heterocycles. The van der Waals surface area contributed by atoms with E-state index in [1.54, 1.807) is 12.1 Å². The van der Waals surface area contributed by atoms with E-state index >= 15 is 0 Å². The lowest BCUT2D eigenvalue weighted by Crippen LogP contribution is -2.13. The van der Waals surface area contributed by atoms with Crippen molar-refractivity contribution in [2.75, 3.05) is 14.2 Å². The smallest absolute Gasteiger partial charge is 0.180 e. The number of rotatable bonds is 4. The molecule has 1 aromatic carbocycles. The maximum atomic E-state index is 12.3. The average Bonchev–Trinajstić information content (AvgIpc) is 2.84. The molecular formula is C14H15ClO4. The lowest BCUT2D eigenvalue weighted by Gasteiger charge is -2.14. The van der Waals surface area contributed by atoms with Gasteiger partial charge in [0.2, 0.25) is 0 Å². The Bertz CT molecular complexity index is 524. The Labute approximate surface area is 116 Å². The van der Waals surface area contributed by atoms with Gasteiger partial charge in [0.05, 0.1) is 19.2 Å². The molecule has 1 aromatic rings. The standard InChI is InChI=1S/C14H15ClO4/c1-18-11-6-5-10(12(15)14(11)19-2)13(17)8-3-4-9(16)7-8/h5-6,8H,3-4,7H2,1-2H3. The van der Waals surface area contributed by atoms with Crippen LogP contribution >= 0.6 is 11.6 Å². The van der Waals surface area contributed by atoms with Crippen LogP contribution in [-0.4, -0.2) is 25.8 Å². The fourth-order valence-corrected chi connectivity index (χ4v) is 2.66. The highest BCUT2D eigenvalue weighted by molar-refractivity contribution is 6.35. The predicted octanol–water partition coefficient (Wildman–Crippen LogP) is 2.91. The summed E-state index contributed by atoms with van der Waals surface area (Å²) in [5.74, 6) is 0.598. The Kier molecular flexibility index (Phi) is 4.10. The van der Waals surface area contributed by atoms with E-state index in [4.69, 9.17) is 21.1 Å². The average molecular weight is 283 g/mol. The number of halogens is 1. The number of hydrogen-bond donors (Lipinski definition) is 0. The zero-order chi connectivity index (χ0) is 14.0. The van der Waals surface area contributed by atoms with Crippen LogP contribution in [0.25, 0.3) is 0 Å². The van der Waals surface area contributed by atoms with Gasteiger partial charge in [-0.05, 0) is 18.6 Å². The van der Waals surface area contributed by atoms with Crippen molar-refractivity contribution in [3.63, 3.8) is 0 Å². The largest absolute Gasteiger partial charge is 0.493 e. The molecule has 1 atom stereocenters. The molecule has 1 aliphatic rings. The lowest BCUT2D eigenvalue weighted by molar-refractivity contribution is -0.117. The molecule has 5 heteroatoms. The highest BCUT2D eigenvalue weighted by Gasteiger charge is 2.31. The molecule has 1 fully saturated rings. The molecule has 1 unspecified atom stereocenters. The number of ether oxygens (including phenoxy) is 2. The first-order valence-corrected chi connectivity index (χ1v) is 6.42. The number of carbonyl (C=O) groups is 2. The topological polar surface area (TPSA) is 52.6 Å². The van der Waals surface area contributed by atoms with Crippen LogP contribution in [0.4, 0.5) is 0 Å². The minimum absolute atomic E-state index is 0.100. The van der Waals surface area contributed by atoms with Crippen LogP contribution in [0.2, 0.25) is 5.02 Å². The molecule has 2 rings (SSSR count). The molecule has 0 saturated heterocycles. The molecule has 102 valence electrons. The van der Waals surface area contributed by atoms with Gasteiger partial charge in [0.25, 0.3) is 0 Å². The minimum Gasteiger partial charge on any atom is -0.493 e. The number of ketones is 2. The van der Waals surface area contributed by atoms with Crippen LogP contribution in [0.3, 0.4) is 0 Å². The zero-order valence-corrected chi connectivity index (χ0v) is 11.6. The predicted molar refractivity (Wildman–Crippen MR) is 71.2 cm³/mol. The van der Waals surface area contributed by atoms with Crippen molar-refractivity contribution in [1.29, 1.82) is 0 Å². The van der Waals surface area contributed by atoms with Crippen LogP contribution in [0.1, 0.15) is 29.6 Å². The van der Waals surface area contributed by atoms with E-state index in [9.17, 15) is 9.59 Å². The Morgan fingerprint density at radius 2 is 2.05 bits per heavy atom. The van der Waals surface area contributed by atoms with Gasteiger partial charge in [-0.1, -0.05) is 11.6 Å². The summed E-state index contributed by atoms with van der Waals surface area (Å²) in [7, 11) is 2.97. The molecule has 1 saturated carbocycles. The van der Waals surface area contributed by atoms with Gasteiger partial charge in [0.15, 0.2) is 17.3 Å². The minimum atomic E-state index is -0.261. The molecule has 0 N–H and O–H groups in total. The van der Waals surface area contributed by atoms with Gasteiger partial charge in [-0.25, -0.2) is 0 Å². The van der Waals surface area contributed by atoms with Crippen molar-refractivity contribution in [3.05, 3.63) is 22.7 Å². The highest BCUT2D eigenvalue weighted by Crippen LogP contribution is 2.39. The first kappa shape index (κ1) is 13.9. The quantitative estimate of drug-likeness (QED) is 0.797. The summed E-state index contributed by atoms with van der Waals surface area (Å²) in [5.41, 5.74) is 0.388. The second-order valence-corrected chi connectivity index (χ2v) is 4.88. The van der Waals surface area contributed by atoms with E-state index in [0.29, 0.717) is 36.3 Å². The summed E-state index contributed by atoms with van der Waals surface area (Å²) >= 11 is 6.19. The number of carbonyl (C=O) groups excluding carboxylic acids is 2. The molecule has 0 radical (unpaired) electrons. The van der Waals surface area contributed by atoms with Gasteiger partial charge >= 0.3 is 0 Å². The zero-order valence-electron chi connectivity index (χ0n) is 10.9. The van der Waals surface area contributed by atoms with Crippen LogP contribution in [0, 0.1) is 5.92 Å². The number of Topliss-reactive ketones (excluding diaryl/α,β-unsaturated/α-hetero) is 2. The molecule has 1 aliphatic carbocycles. The fourth-order valence-electron chi connectivity index (χ4n) is 2.34. The third kappa shape index (κ3) is 2.59. The molecule has 0 aliphatic heterocycles. The van der Waals surface area contributed by atoms with Crippen LogP contribution in [0.15, 0.2) is 12.1 Å². The fraction of sp³-hybridized carbons (Fsp3) is 0.429. The van der Waals surface area contributed by atoms with Crippen molar-refractivity contribution in [3.8, 4) is 11.5 Å². The molecule has 0 amide bonds. The molecule has 0 spiro atoms. The molecule has 0 aromatic heterocycles. The molecular weight excluding hydrogens is 268 g/mol. The van der Waals surface area contributed by atoms with Gasteiger partial charge in [-0.3, -0.25) is 9.59 Å². The Balaban J connectivity index is 2.35. The highest BCUT2D eigenvalue weighted by atomic mass is 35.5. The van der Waals surface area contributed by atoms with Crippen LogP contribution in [0.5, 0.6) is 11.5 Å². The maximum absolute atomic E-state index is 12.3. The van der Waals surface area contributed by atoms with Crippen molar-refractivity contribution in [2.45, 2.75) is 19.3 Å². The van der Waals surface area contributed by atoms with E-state index < -0.39 is 0 Å². The Morgan fingerprint density at radius 1 is 1.32 bits per heavy atom. The van der Waals surface area contributed by atoms with Crippen molar-refractivity contribution < 1.29 is 19.1 Å². The summed E-state index contributed by atoms with van der Waals surface area (Å²) in [6, 6.07) is 3.27. The summed E-state index contributed by atoms with van der Waals surface area (Å²) in [4.78, 5) is 23.6. The third-order valence-corrected chi connectivity index (χ3v) is 3.74. The van der Waals surface area contributed by atoms with E-state index in [1.807, 2.05) is 0 Å². The van der Waals surface area contributed by atoms with E-state index in [-0.39, 0.29) is 22.5 Å². The van der Waals surface area contributed by atoms with E-state index in [2.05, 4.69) is 0 Å². The van der Waals surface area contributed by atoms with E-state index in [1.165, 1.54) is 14.2 Å². The summed E-state index contributed by atoms with van der Waals surface area (Å²) in [5, 5.41) is 0.242. The van der Waals surface area contributed by atoms with Gasteiger partial charge in [0.1, 0.15) is 5.78 Å². The van der Waals surface area contributed by atoms with Crippen LogP contribution in [-0.2, 0) is 4.79 Å². The summed E-state index contributed by atoms with van der Waals surface area (Å²) in [6.07, 6.45) is 1.38. The van der Waals surface area contributed by atoms with Crippen LogP contribution < -0.4 is 9.47 Å². The Hall–Kier alpha value is -1.55. The van der Waals surface area contributed by atoms with Crippen molar-refractivity contribution in [2.24, 2.45) is 5.92 Å². The first-order valence-electron chi connectivity index (χ1n) is 6.04.